The van der Waals surface area contributed by atoms with Crippen molar-refractivity contribution in [2.24, 2.45) is 0 Å². The van der Waals surface area contributed by atoms with Gasteiger partial charge < -0.3 is 10.1 Å². The Morgan fingerprint density at radius 1 is 1.00 bits per heavy atom. The highest BCUT2D eigenvalue weighted by Gasteiger charge is 2.42. The lowest BCUT2D eigenvalue weighted by Gasteiger charge is -2.27. The van der Waals surface area contributed by atoms with E-state index >= 15 is 0 Å². The molecule has 29 heavy (non-hydrogen) atoms. The lowest BCUT2D eigenvalue weighted by Crippen LogP contribution is -2.52. The summed E-state index contributed by atoms with van der Waals surface area (Å²) in [6.45, 7) is 1.85. The highest BCUT2D eigenvalue weighted by atomic mass is 16.2. The second-order valence-electron chi connectivity index (χ2n) is 7.24. The Bertz CT molecular complexity index is 875. The molecule has 2 aromatic carbocycles. The Labute approximate surface area is 169 Å². The van der Waals surface area contributed by atoms with Crippen LogP contribution in [0, 0.1) is 0 Å². The standard InChI is InChI=1S/C23H24N2O4/c1-16(9-7-8-14-26)24-21(27)20(15-17-10-3-2-4-11-17)25-22(28)18-12-5-6-13-19(18)23(25)29/h2-6,10-14,16,20H,7-9,15H2,1H3,(H,24,27)/t16-,20+/m1/s1. The molecule has 1 heterocycles. The van der Waals surface area contributed by atoms with E-state index in [1.54, 1.807) is 24.3 Å². The minimum Gasteiger partial charge on any atom is -0.352 e. The summed E-state index contributed by atoms with van der Waals surface area (Å²) >= 11 is 0. The third kappa shape index (κ3) is 4.59. The average molecular weight is 392 g/mol. The number of carbonyl (C=O) groups excluding carboxylic acids is 4. The molecule has 0 saturated heterocycles. The van der Waals surface area contributed by atoms with Crippen LogP contribution in [0.15, 0.2) is 54.6 Å². The maximum absolute atomic E-state index is 13.1. The molecule has 0 fully saturated rings. The van der Waals surface area contributed by atoms with Gasteiger partial charge in [-0.15, -0.1) is 0 Å². The second-order valence-corrected chi connectivity index (χ2v) is 7.24. The molecular formula is C23H24N2O4. The minimum absolute atomic E-state index is 0.170. The summed E-state index contributed by atoms with van der Waals surface area (Å²) in [4.78, 5) is 50.5. The van der Waals surface area contributed by atoms with E-state index in [0.29, 0.717) is 30.4 Å². The van der Waals surface area contributed by atoms with Crippen molar-refractivity contribution in [3.8, 4) is 0 Å². The van der Waals surface area contributed by atoms with Crippen molar-refractivity contribution < 1.29 is 19.2 Å². The first-order valence-corrected chi connectivity index (χ1v) is 9.77. The van der Waals surface area contributed by atoms with Crippen LogP contribution in [0.3, 0.4) is 0 Å². The molecule has 150 valence electrons. The van der Waals surface area contributed by atoms with Crippen molar-refractivity contribution in [2.75, 3.05) is 0 Å². The molecule has 6 heteroatoms. The van der Waals surface area contributed by atoms with Crippen LogP contribution in [0.25, 0.3) is 0 Å². The normalized spacial score (nSPS) is 15.0. The van der Waals surface area contributed by atoms with Gasteiger partial charge in [0, 0.05) is 18.9 Å². The number of amides is 3. The van der Waals surface area contributed by atoms with E-state index in [-0.39, 0.29) is 18.4 Å². The summed E-state index contributed by atoms with van der Waals surface area (Å²) in [5, 5.41) is 2.90. The number of hydrogen-bond acceptors (Lipinski definition) is 4. The number of imide groups is 1. The van der Waals surface area contributed by atoms with E-state index in [1.165, 1.54) is 0 Å². The number of carbonyl (C=O) groups is 4. The summed E-state index contributed by atoms with van der Waals surface area (Å²) in [5.74, 6) is -1.27. The third-order valence-corrected chi connectivity index (χ3v) is 5.06. The molecule has 2 aromatic rings. The molecule has 0 bridgehead atoms. The number of rotatable bonds is 9. The summed E-state index contributed by atoms with van der Waals surface area (Å²) in [6, 6.07) is 14.8. The van der Waals surface area contributed by atoms with Gasteiger partial charge in [-0.3, -0.25) is 19.3 Å². The largest absolute Gasteiger partial charge is 0.352 e. The molecule has 1 aliphatic rings. The van der Waals surface area contributed by atoms with Gasteiger partial charge >= 0.3 is 0 Å². The zero-order valence-corrected chi connectivity index (χ0v) is 16.3. The first-order chi connectivity index (χ1) is 14.0. The molecular weight excluding hydrogens is 368 g/mol. The smallest absolute Gasteiger partial charge is 0.262 e. The highest BCUT2D eigenvalue weighted by molar-refractivity contribution is 6.22. The van der Waals surface area contributed by atoms with Gasteiger partial charge in [0.05, 0.1) is 11.1 Å². The number of nitrogens with one attached hydrogen (secondary N) is 1. The number of nitrogens with zero attached hydrogens (tertiary/aromatic N) is 1. The van der Waals surface area contributed by atoms with Crippen LogP contribution < -0.4 is 5.32 Å². The van der Waals surface area contributed by atoms with Crippen LogP contribution in [-0.2, 0) is 16.0 Å². The molecule has 0 radical (unpaired) electrons. The molecule has 6 nitrogen and oxygen atoms in total. The Kier molecular flexibility index (Phi) is 6.54. The monoisotopic (exact) mass is 392 g/mol. The zero-order valence-electron chi connectivity index (χ0n) is 16.3. The van der Waals surface area contributed by atoms with Crippen molar-refractivity contribution in [3.05, 3.63) is 71.3 Å². The minimum atomic E-state index is -0.946. The van der Waals surface area contributed by atoms with Gasteiger partial charge in [0.15, 0.2) is 0 Å². The summed E-state index contributed by atoms with van der Waals surface area (Å²) in [7, 11) is 0. The Balaban J connectivity index is 1.84. The maximum Gasteiger partial charge on any atom is 0.262 e. The summed E-state index contributed by atoms with van der Waals surface area (Å²) in [6.07, 6.45) is 2.84. The van der Waals surface area contributed by atoms with Crippen molar-refractivity contribution in [1.29, 1.82) is 0 Å². The van der Waals surface area contributed by atoms with Crippen LogP contribution >= 0.6 is 0 Å². The average Bonchev–Trinajstić information content (AvgIpc) is 2.98. The van der Waals surface area contributed by atoms with Crippen molar-refractivity contribution in [1.82, 2.24) is 10.2 Å². The summed E-state index contributed by atoms with van der Waals surface area (Å²) < 4.78 is 0. The number of hydrogen-bond donors (Lipinski definition) is 1. The van der Waals surface area contributed by atoms with Gasteiger partial charge in [0.1, 0.15) is 12.3 Å². The van der Waals surface area contributed by atoms with Crippen LogP contribution in [0.2, 0.25) is 0 Å². The SMILES string of the molecule is C[C@H](CCCC=O)NC(=O)[C@H](Cc1ccccc1)N1C(=O)c2ccccc2C1=O. The van der Waals surface area contributed by atoms with E-state index in [1.807, 2.05) is 37.3 Å². The number of fused-ring (bicyclic) bond motifs is 1. The highest BCUT2D eigenvalue weighted by Crippen LogP contribution is 2.26. The lowest BCUT2D eigenvalue weighted by molar-refractivity contribution is -0.125. The summed E-state index contributed by atoms with van der Waals surface area (Å²) in [5.41, 5.74) is 1.50. The Morgan fingerprint density at radius 2 is 1.59 bits per heavy atom. The van der Waals surface area contributed by atoms with Gasteiger partial charge in [0.25, 0.3) is 11.8 Å². The molecule has 3 rings (SSSR count). The topological polar surface area (TPSA) is 83.6 Å². The molecule has 0 unspecified atom stereocenters. The van der Waals surface area contributed by atoms with Crippen molar-refractivity contribution >= 4 is 24.0 Å². The van der Waals surface area contributed by atoms with Crippen LogP contribution in [0.5, 0.6) is 0 Å². The van der Waals surface area contributed by atoms with E-state index in [0.717, 1.165) is 16.7 Å². The van der Waals surface area contributed by atoms with Crippen LogP contribution in [0.4, 0.5) is 0 Å². The van der Waals surface area contributed by atoms with E-state index < -0.39 is 17.9 Å². The van der Waals surface area contributed by atoms with Gasteiger partial charge in [-0.05, 0) is 37.5 Å². The first-order valence-electron chi connectivity index (χ1n) is 9.77. The van der Waals surface area contributed by atoms with Gasteiger partial charge in [0.2, 0.25) is 5.91 Å². The molecule has 1 N–H and O–H groups in total. The van der Waals surface area contributed by atoms with E-state index in [9.17, 15) is 19.2 Å². The number of benzene rings is 2. The molecule has 0 saturated carbocycles. The molecule has 3 amide bonds. The fraction of sp³-hybridized carbons (Fsp3) is 0.304. The lowest BCUT2D eigenvalue weighted by atomic mass is 10.0. The molecule has 0 aliphatic carbocycles. The second kappa shape index (κ2) is 9.28. The third-order valence-electron chi connectivity index (χ3n) is 5.06. The Hall–Kier alpha value is -3.28. The van der Waals surface area contributed by atoms with Gasteiger partial charge in [-0.25, -0.2) is 0 Å². The zero-order chi connectivity index (χ0) is 20.8. The first kappa shape index (κ1) is 20.5. The predicted molar refractivity (Wildman–Crippen MR) is 108 cm³/mol. The van der Waals surface area contributed by atoms with E-state index in [2.05, 4.69) is 5.32 Å². The molecule has 0 aromatic heterocycles. The van der Waals surface area contributed by atoms with Gasteiger partial charge in [-0.2, -0.15) is 0 Å². The Morgan fingerprint density at radius 3 is 2.17 bits per heavy atom. The van der Waals surface area contributed by atoms with Crippen molar-refractivity contribution in [3.63, 3.8) is 0 Å². The van der Waals surface area contributed by atoms with E-state index in [4.69, 9.17) is 0 Å². The number of aldehydes is 1. The fourth-order valence-electron chi connectivity index (χ4n) is 3.55. The maximum atomic E-state index is 13.1. The molecule has 0 spiro atoms. The number of unbranched alkanes of at least 4 members (excludes halogenated alkanes) is 1. The molecule has 1 aliphatic heterocycles. The van der Waals surface area contributed by atoms with Gasteiger partial charge in [-0.1, -0.05) is 42.5 Å². The fourth-order valence-corrected chi connectivity index (χ4v) is 3.55. The van der Waals surface area contributed by atoms with Crippen LogP contribution in [0.1, 0.15) is 52.5 Å². The quantitative estimate of drug-likeness (QED) is 0.404. The van der Waals surface area contributed by atoms with Crippen molar-refractivity contribution in [2.45, 2.75) is 44.7 Å². The van der Waals surface area contributed by atoms with Crippen LogP contribution in [-0.4, -0.2) is 41.0 Å². The predicted octanol–water partition coefficient (Wildman–Crippen LogP) is 2.77. The molecule has 2 atom stereocenters.